The smallest absolute Gasteiger partial charge is 0.261 e. The third kappa shape index (κ3) is 8.23. The lowest BCUT2D eigenvalue weighted by Crippen LogP contribution is -2.55. The van der Waals surface area contributed by atoms with Crippen LogP contribution in [0.1, 0.15) is 31.9 Å². The van der Waals surface area contributed by atoms with Gasteiger partial charge in [-0.1, -0.05) is 48.5 Å². The fourth-order valence-electron chi connectivity index (χ4n) is 3.91. The van der Waals surface area contributed by atoms with Gasteiger partial charge in [-0.3, -0.25) is 9.59 Å². The standard InChI is InChI=1S/C30H35FN2O5/c1-30(2,3)32-29(35)27(15-21-11-7-6-8-12-21)33(19-22-13-9-10-14-26(22)31)28(34)20-38-25-17-23(36-4)16-24(18-25)37-5/h6-14,16-18,27H,15,19-20H2,1-5H3,(H,32,35). The summed E-state index contributed by atoms with van der Waals surface area (Å²) in [4.78, 5) is 28.6. The largest absolute Gasteiger partial charge is 0.496 e. The average molecular weight is 523 g/mol. The van der Waals surface area contributed by atoms with Crippen molar-refractivity contribution >= 4 is 11.8 Å². The molecule has 0 aliphatic carbocycles. The molecule has 3 aromatic rings. The van der Waals surface area contributed by atoms with E-state index in [-0.39, 0.29) is 25.5 Å². The Balaban J connectivity index is 1.95. The number of ether oxygens (including phenoxy) is 3. The zero-order valence-electron chi connectivity index (χ0n) is 22.5. The van der Waals surface area contributed by atoms with Gasteiger partial charge in [0.2, 0.25) is 5.91 Å². The summed E-state index contributed by atoms with van der Waals surface area (Å²) >= 11 is 0. The van der Waals surface area contributed by atoms with Crippen LogP contribution >= 0.6 is 0 Å². The predicted molar refractivity (Wildman–Crippen MR) is 144 cm³/mol. The van der Waals surface area contributed by atoms with E-state index in [1.54, 1.807) is 36.4 Å². The van der Waals surface area contributed by atoms with Gasteiger partial charge < -0.3 is 24.4 Å². The lowest BCUT2D eigenvalue weighted by Gasteiger charge is -2.33. The number of hydrogen-bond acceptors (Lipinski definition) is 5. The van der Waals surface area contributed by atoms with E-state index in [1.165, 1.54) is 25.2 Å². The number of methoxy groups -OCH3 is 2. The summed E-state index contributed by atoms with van der Waals surface area (Å²) in [6.07, 6.45) is 0.246. The summed E-state index contributed by atoms with van der Waals surface area (Å²) in [6, 6.07) is 19.7. The van der Waals surface area contributed by atoms with E-state index in [1.807, 2.05) is 51.1 Å². The molecule has 7 nitrogen and oxygen atoms in total. The first-order chi connectivity index (χ1) is 18.1. The van der Waals surface area contributed by atoms with Crippen LogP contribution < -0.4 is 19.5 Å². The van der Waals surface area contributed by atoms with Crippen LogP contribution in [-0.4, -0.2) is 49.1 Å². The van der Waals surface area contributed by atoms with Gasteiger partial charge in [0.15, 0.2) is 6.61 Å². The zero-order valence-corrected chi connectivity index (χ0v) is 22.5. The number of benzene rings is 3. The van der Waals surface area contributed by atoms with E-state index in [2.05, 4.69) is 5.32 Å². The Morgan fingerprint density at radius 2 is 1.47 bits per heavy atom. The number of nitrogens with zero attached hydrogens (tertiary/aromatic N) is 1. The number of carbonyl (C=O) groups excluding carboxylic acids is 2. The molecular weight excluding hydrogens is 487 g/mol. The van der Waals surface area contributed by atoms with Crippen molar-refractivity contribution in [1.82, 2.24) is 10.2 Å². The fourth-order valence-corrected chi connectivity index (χ4v) is 3.91. The number of halogens is 1. The maximum absolute atomic E-state index is 14.7. The fraction of sp³-hybridized carbons (Fsp3) is 0.333. The molecule has 0 bridgehead atoms. The van der Waals surface area contributed by atoms with Gasteiger partial charge in [-0.05, 0) is 32.4 Å². The third-order valence-corrected chi connectivity index (χ3v) is 5.76. The summed E-state index contributed by atoms with van der Waals surface area (Å²) in [5.74, 6) is 0.0924. The van der Waals surface area contributed by atoms with Crippen LogP contribution in [-0.2, 0) is 22.6 Å². The lowest BCUT2D eigenvalue weighted by molar-refractivity contribution is -0.143. The van der Waals surface area contributed by atoms with E-state index in [4.69, 9.17) is 14.2 Å². The first-order valence-electron chi connectivity index (χ1n) is 12.3. The van der Waals surface area contributed by atoms with Gasteiger partial charge in [-0.15, -0.1) is 0 Å². The SMILES string of the molecule is COc1cc(OC)cc(OCC(=O)N(Cc2ccccc2F)C(Cc2ccccc2)C(=O)NC(C)(C)C)c1. The minimum Gasteiger partial charge on any atom is -0.496 e. The molecule has 0 spiro atoms. The van der Waals surface area contributed by atoms with Crippen molar-refractivity contribution in [2.45, 2.75) is 45.3 Å². The molecule has 1 unspecified atom stereocenters. The van der Waals surface area contributed by atoms with Crippen LogP contribution in [0.3, 0.4) is 0 Å². The lowest BCUT2D eigenvalue weighted by atomic mass is 10.0. The Bertz CT molecular complexity index is 1200. The Kier molecular flexibility index (Phi) is 9.71. The molecule has 3 aromatic carbocycles. The minimum atomic E-state index is -0.910. The molecular formula is C30H35FN2O5. The Hall–Kier alpha value is -4.07. The summed E-state index contributed by atoms with van der Waals surface area (Å²) in [5, 5.41) is 2.98. The summed E-state index contributed by atoms with van der Waals surface area (Å²) in [5.41, 5.74) is 0.628. The topological polar surface area (TPSA) is 77.1 Å². The van der Waals surface area contributed by atoms with Crippen LogP contribution in [0.4, 0.5) is 4.39 Å². The van der Waals surface area contributed by atoms with Gasteiger partial charge >= 0.3 is 0 Å². The molecule has 0 saturated carbocycles. The molecule has 2 amide bonds. The molecule has 0 heterocycles. The maximum Gasteiger partial charge on any atom is 0.261 e. The maximum atomic E-state index is 14.7. The third-order valence-electron chi connectivity index (χ3n) is 5.76. The summed E-state index contributed by atoms with van der Waals surface area (Å²) in [6.45, 7) is 5.12. The van der Waals surface area contributed by atoms with E-state index >= 15 is 0 Å². The first kappa shape index (κ1) is 28.5. The molecule has 8 heteroatoms. The molecule has 0 aliphatic rings. The minimum absolute atomic E-state index is 0.106. The molecule has 202 valence electrons. The summed E-state index contributed by atoms with van der Waals surface area (Å²) < 4.78 is 31.1. The van der Waals surface area contributed by atoms with Crippen LogP contribution in [0.5, 0.6) is 17.2 Å². The Morgan fingerprint density at radius 1 is 0.895 bits per heavy atom. The number of amides is 2. The Morgan fingerprint density at radius 3 is 2.05 bits per heavy atom. The van der Waals surface area contributed by atoms with E-state index in [0.29, 0.717) is 22.8 Å². The molecule has 0 aromatic heterocycles. The molecule has 0 fully saturated rings. The van der Waals surface area contributed by atoms with Gasteiger partial charge in [0.1, 0.15) is 29.1 Å². The zero-order chi connectivity index (χ0) is 27.7. The number of rotatable bonds is 11. The van der Waals surface area contributed by atoms with Gasteiger partial charge in [-0.2, -0.15) is 0 Å². The van der Waals surface area contributed by atoms with Crippen molar-refractivity contribution in [1.29, 1.82) is 0 Å². The average Bonchev–Trinajstić information content (AvgIpc) is 2.89. The Labute approximate surface area is 223 Å². The summed E-state index contributed by atoms with van der Waals surface area (Å²) in [7, 11) is 3.03. The van der Waals surface area contributed by atoms with Crippen molar-refractivity contribution in [3.8, 4) is 17.2 Å². The highest BCUT2D eigenvalue weighted by molar-refractivity contribution is 5.89. The van der Waals surface area contributed by atoms with Gasteiger partial charge in [0, 0.05) is 42.3 Å². The quantitative estimate of drug-likeness (QED) is 0.392. The monoisotopic (exact) mass is 522 g/mol. The predicted octanol–water partition coefficient (Wildman–Crippen LogP) is 4.78. The van der Waals surface area contributed by atoms with Gasteiger partial charge in [0.25, 0.3) is 5.91 Å². The van der Waals surface area contributed by atoms with Crippen LogP contribution in [0.2, 0.25) is 0 Å². The second-order valence-corrected chi connectivity index (χ2v) is 9.89. The van der Waals surface area contributed by atoms with Crippen molar-refractivity contribution in [3.05, 3.63) is 89.7 Å². The second-order valence-electron chi connectivity index (χ2n) is 9.89. The molecule has 38 heavy (non-hydrogen) atoms. The van der Waals surface area contributed by atoms with E-state index in [9.17, 15) is 14.0 Å². The number of hydrogen-bond donors (Lipinski definition) is 1. The van der Waals surface area contributed by atoms with Crippen molar-refractivity contribution in [2.24, 2.45) is 0 Å². The molecule has 0 aliphatic heterocycles. The molecule has 0 saturated heterocycles. The molecule has 3 rings (SSSR count). The highest BCUT2D eigenvalue weighted by Crippen LogP contribution is 2.27. The van der Waals surface area contributed by atoms with Gasteiger partial charge in [-0.25, -0.2) is 4.39 Å². The van der Waals surface area contributed by atoms with Crippen molar-refractivity contribution in [3.63, 3.8) is 0 Å². The van der Waals surface area contributed by atoms with Crippen LogP contribution in [0.15, 0.2) is 72.8 Å². The number of nitrogens with one attached hydrogen (secondary N) is 1. The van der Waals surface area contributed by atoms with Crippen LogP contribution in [0.25, 0.3) is 0 Å². The second kappa shape index (κ2) is 12.9. The molecule has 1 atom stereocenters. The van der Waals surface area contributed by atoms with E-state index < -0.39 is 23.3 Å². The first-order valence-corrected chi connectivity index (χ1v) is 12.3. The van der Waals surface area contributed by atoms with Gasteiger partial charge in [0.05, 0.1) is 14.2 Å². The normalized spacial score (nSPS) is 11.8. The highest BCUT2D eigenvalue weighted by atomic mass is 19.1. The number of carbonyl (C=O) groups is 2. The molecule has 0 radical (unpaired) electrons. The van der Waals surface area contributed by atoms with E-state index in [0.717, 1.165) is 5.56 Å². The van der Waals surface area contributed by atoms with Crippen molar-refractivity contribution < 1.29 is 28.2 Å². The molecule has 1 N–H and O–H groups in total. The van der Waals surface area contributed by atoms with Crippen LogP contribution in [0, 0.1) is 5.82 Å². The van der Waals surface area contributed by atoms with Crippen molar-refractivity contribution in [2.75, 3.05) is 20.8 Å². The highest BCUT2D eigenvalue weighted by Gasteiger charge is 2.33.